The Morgan fingerprint density at radius 2 is 1.90 bits per heavy atom. The smallest absolute Gasteiger partial charge is 0.265 e. The highest BCUT2D eigenvalue weighted by atomic mass is 35.5. The molecule has 154 valence electrons. The number of benzene rings is 3. The van der Waals surface area contributed by atoms with Crippen molar-refractivity contribution in [3.63, 3.8) is 0 Å². The summed E-state index contributed by atoms with van der Waals surface area (Å²) in [7, 11) is 0. The topological polar surface area (TPSA) is 42.4 Å². The maximum Gasteiger partial charge on any atom is 0.265 e. The average Bonchev–Trinajstić information content (AvgIpc) is 3.27. The number of thiazole rings is 1. The molecular weight excluding hydrogens is 428 g/mol. The zero-order valence-corrected chi connectivity index (χ0v) is 18.4. The second-order valence-electron chi connectivity index (χ2n) is 7.40. The van der Waals surface area contributed by atoms with Gasteiger partial charge in [0.15, 0.2) is 6.61 Å². The van der Waals surface area contributed by atoms with Crippen molar-refractivity contribution >= 4 is 34.5 Å². The summed E-state index contributed by atoms with van der Waals surface area (Å²) in [6.45, 7) is 2.61. The molecule has 1 aliphatic rings. The minimum atomic E-state index is -0.0528. The first kappa shape index (κ1) is 19.8. The first-order valence-corrected chi connectivity index (χ1v) is 11.2. The largest absolute Gasteiger partial charge is 0.482 e. The number of halogens is 1. The fraction of sp³-hybridized carbons (Fsp3) is 0.120. The molecule has 4 aromatic rings. The van der Waals surface area contributed by atoms with E-state index in [1.54, 1.807) is 16.2 Å². The number of hydrogen-bond donors (Lipinski definition) is 0. The van der Waals surface area contributed by atoms with Gasteiger partial charge in [-0.2, -0.15) is 0 Å². The number of nitrogens with zero attached hydrogens (tertiary/aromatic N) is 2. The van der Waals surface area contributed by atoms with Crippen LogP contribution in [0.2, 0.25) is 5.02 Å². The number of anilines is 1. The van der Waals surface area contributed by atoms with Gasteiger partial charge < -0.3 is 9.64 Å². The Morgan fingerprint density at radius 3 is 2.74 bits per heavy atom. The number of aromatic nitrogens is 1. The summed E-state index contributed by atoms with van der Waals surface area (Å²) in [5.41, 5.74) is 5.73. The van der Waals surface area contributed by atoms with Crippen molar-refractivity contribution in [2.75, 3.05) is 11.5 Å². The molecule has 0 bridgehead atoms. The van der Waals surface area contributed by atoms with Crippen LogP contribution in [0.15, 0.2) is 72.1 Å². The van der Waals surface area contributed by atoms with Gasteiger partial charge in [-0.1, -0.05) is 54.1 Å². The minimum Gasteiger partial charge on any atom is -0.482 e. The molecular formula is C25H19ClN2O2S. The summed E-state index contributed by atoms with van der Waals surface area (Å²) in [5, 5.41) is 3.55. The second-order valence-corrected chi connectivity index (χ2v) is 8.66. The van der Waals surface area contributed by atoms with E-state index in [-0.39, 0.29) is 12.5 Å². The van der Waals surface area contributed by atoms with Crippen molar-refractivity contribution < 1.29 is 9.53 Å². The Kier molecular flexibility index (Phi) is 5.22. The predicted molar refractivity (Wildman–Crippen MR) is 126 cm³/mol. The van der Waals surface area contributed by atoms with Gasteiger partial charge in [0.1, 0.15) is 10.8 Å². The number of ether oxygens (including phenoxy) is 1. The summed E-state index contributed by atoms with van der Waals surface area (Å²) in [6, 6.07) is 21.7. The summed E-state index contributed by atoms with van der Waals surface area (Å²) < 4.78 is 5.69. The SMILES string of the molecule is Cc1ccccc1CN1C(=O)COc2ccc(-c3csc(-c4ccccc4Cl)n3)cc21. The monoisotopic (exact) mass is 446 g/mol. The van der Waals surface area contributed by atoms with Crippen molar-refractivity contribution in [2.45, 2.75) is 13.5 Å². The first-order chi connectivity index (χ1) is 15.1. The Morgan fingerprint density at radius 1 is 1.10 bits per heavy atom. The zero-order chi connectivity index (χ0) is 21.4. The fourth-order valence-electron chi connectivity index (χ4n) is 3.66. The lowest BCUT2D eigenvalue weighted by molar-refractivity contribution is -0.121. The Labute approximate surface area is 189 Å². The van der Waals surface area contributed by atoms with E-state index in [2.05, 4.69) is 19.1 Å². The highest BCUT2D eigenvalue weighted by molar-refractivity contribution is 7.13. The molecule has 1 amide bonds. The molecule has 1 aromatic heterocycles. The van der Waals surface area contributed by atoms with Crippen molar-refractivity contribution in [1.29, 1.82) is 0 Å². The lowest BCUT2D eigenvalue weighted by atomic mass is 10.1. The molecule has 3 aromatic carbocycles. The van der Waals surface area contributed by atoms with Gasteiger partial charge in [0, 0.05) is 16.5 Å². The summed E-state index contributed by atoms with van der Waals surface area (Å²) in [4.78, 5) is 19.3. The molecule has 0 aliphatic carbocycles. The highest BCUT2D eigenvalue weighted by Gasteiger charge is 2.26. The molecule has 0 fully saturated rings. The van der Waals surface area contributed by atoms with Gasteiger partial charge in [-0.15, -0.1) is 11.3 Å². The molecule has 0 N–H and O–H groups in total. The summed E-state index contributed by atoms with van der Waals surface area (Å²) in [6.07, 6.45) is 0. The van der Waals surface area contributed by atoms with E-state index in [4.69, 9.17) is 21.3 Å². The van der Waals surface area contributed by atoms with Crippen molar-refractivity contribution in [2.24, 2.45) is 0 Å². The predicted octanol–water partition coefficient (Wildman–Crippen LogP) is 6.36. The van der Waals surface area contributed by atoms with Gasteiger partial charge in [-0.05, 0) is 42.3 Å². The zero-order valence-electron chi connectivity index (χ0n) is 16.8. The third-order valence-corrected chi connectivity index (χ3v) is 6.60. The van der Waals surface area contributed by atoms with E-state index in [0.717, 1.165) is 38.6 Å². The Bertz CT molecular complexity index is 1280. The number of hydrogen-bond acceptors (Lipinski definition) is 4. The molecule has 0 saturated heterocycles. The second kappa shape index (κ2) is 8.17. The van der Waals surface area contributed by atoms with Crippen molar-refractivity contribution in [1.82, 2.24) is 4.98 Å². The molecule has 0 saturated carbocycles. The number of aryl methyl sites for hydroxylation is 1. The van der Waals surface area contributed by atoms with Crippen LogP contribution >= 0.6 is 22.9 Å². The van der Waals surface area contributed by atoms with Crippen LogP contribution in [-0.2, 0) is 11.3 Å². The van der Waals surface area contributed by atoms with E-state index in [0.29, 0.717) is 17.3 Å². The number of fused-ring (bicyclic) bond motifs is 1. The normalized spacial score (nSPS) is 13.1. The highest BCUT2D eigenvalue weighted by Crippen LogP contribution is 2.39. The molecule has 2 heterocycles. The quantitative estimate of drug-likeness (QED) is 0.366. The summed E-state index contributed by atoms with van der Waals surface area (Å²) in [5.74, 6) is 0.654. The van der Waals surface area contributed by atoms with Crippen LogP contribution in [0.25, 0.3) is 21.8 Å². The van der Waals surface area contributed by atoms with Crippen LogP contribution in [0.3, 0.4) is 0 Å². The number of amides is 1. The molecule has 6 heteroatoms. The molecule has 1 aliphatic heterocycles. The number of rotatable bonds is 4. The van der Waals surface area contributed by atoms with E-state index < -0.39 is 0 Å². The fourth-order valence-corrected chi connectivity index (χ4v) is 4.81. The van der Waals surface area contributed by atoms with Gasteiger partial charge in [0.2, 0.25) is 0 Å². The lowest BCUT2D eigenvalue weighted by Crippen LogP contribution is -2.38. The van der Waals surface area contributed by atoms with Crippen LogP contribution in [0.5, 0.6) is 5.75 Å². The third-order valence-electron chi connectivity index (χ3n) is 5.40. The van der Waals surface area contributed by atoms with E-state index in [1.807, 2.05) is 60.0 Å². The van der Waals surface area contributed by atoms with Gasteiger partial charge in [0.05, 0.1) is 22.9 Å². The maximum atomic E-state index is 12.7. The van der Waals surface area contributed by atoms with E-state index in [9.17, 15) is 4.79 Å². The van der Waals surface area contributed by atoms with Gasteiger partial charge in [-0.3, -0.25) is 4.79 Å². The average molecular weight is 447 g/mol. The van der Waals surface area contributed by atoms with E-state index in [1.165, 1.54) is 0 Å². The molecule has 0 radical (unpaired) electrons. The third kappa shape index (κ3) is 3.82. The number of carbonyl (C=O) groups excluding carboxylic acids is 1. The number of carbonyl (C=O) groups is 1. The van der Waals surface area contributed by atoms with Crippen LogP contribution in [0.4, 0.5) is 5.69 Å². The molecule has 0 unspecified atom stereocenters. The van der Waals surface area contributed by atoms with Crippen molar-refractivity contribution in [3.05, 3.63) is 88.3 Å². The molecule has 0 atom stereocenters. The molecule has 0 spiro atoms. The van der Waals surface area contributed by atoms with Crippen LogP contribution < -0.4 is 9.64 Å². The maximum absolute atomic E-state index is 12.7. The van der Waals surface area contributed by atoms with Crippen LogP contribution in [-0.4, -0.2) is 17.5 Å². The molecule has 5 rings (SSSR count). The minimum absolute atomic E-state index is 0.0472. The first-order valence-electron chi connectivity index (χ1n) is 9.92. The van der Waals surface area contributed by atoms with Gasteiger partial charge in [0.25, 0.3) is 5.91 Å². The van der Waals surface area contributed by atoms with E-state index >= 15 is 0 Å². The standard InChI is InChI=1S/C25H19ClN2O2S/c1-16-6-2-3-7-18(16)13-28-22-12-17(10-11-23(22)30-14-24(28)29)21-15-31-25(27-21)19-8-4-5-9-20(19)26/h2-12,15H,13-14H2,1H3. The van der Waals surface area contributed by atoms with Crippen LogP contribution in [0, 0.1) is 6.92 Å². The molecule has 31 heavy (non-hydrogen) atoms. The Balaban J connectivity index is 1.51. The molecule has 4 nitrogen and oxygen atoms in total. The lowest BCUT2D eigenvalue weighted by Gasteiger charge is -2.30. The van der Waals surface area contributed by atoms with Gasteiger partial charge >= 0.3 is 0 Å². The van der Waals surface area contributed by atoms with Crippen LogP contribution in [0.1, 0.15) is 11.1 Å². The van der Waals surface area contributed by atoms with Crippen molar-refractivity contribution in [3.8, 4) is 27.6 Å². The summed E-state index contributed by atoms with van der Waals surface area (Å²) >= 11 is 7.89. The Hall–Kier alpha value is -3.15. The van der Waals surface area contributed by atoms with Gasteiger partial charge in [-0.25, -0.2) is 4.98 Å².